The van der Waals surface area contributed by atoms with E-state index < -0.39 is 34.9 Å². The molecule has 0 amide bonds. The highest BCUT2D eigenvalue weighted by Crippen LogP contribution is 2.30. The summed E-state index contributed by atoms with van der Waals surface area (Å²) in [7, 11) is 0. The van der Waals surface area contributed by atoms with E-state index in [2.05, 4.69) is 0 Å². The molecule has 0 unspecified atom stereocenters. The topological polar surface area (TPSA) is 89.4 Å². The van der Waals surface area contributed by atoms with Crippen LogP contribution < -0.4 is 5.73 Å². The zero-order chi connectivity index (χ0) is 11.6. The smallest absolute Gasteiger partial charge is 0.272 e. The number of non-ortho nitro benzene ring substituents is 1. The number of rotatable bonds is 3. The maximum atomic E-state index is 13.0. The lowest BCUT2D eigenvalue weighted by Gasteiger charge is -2.09. The number of aromatic hydroxyl groups is 1. The van der Waals surface area contributed by atoms with Gasteiger partial charge >= 0.3 is 0 Å². The number of hydrogen-bond donors (Lipinski definition) is 2. The lowest BCUT2D eigenvalue weighted by molar-refractivity contribution is -0.385. The first kappa shape index (κ1) is 11.3. The van der Waals surface area contributed by atoms with E-state index in [4.69, 9.17) is 10.8 Å². The zero-order valence-corrected chi connectivity index (χ0v) is 7.48. The van der Waals surface area contributed by atoms with Crippen molar-refractivity contribution >= 4 is 5.69 Å². The molecule has 0 radical (unpaired) electrons. The van der Waals surface area contributed by atoms with Crippen LogP contribution in [-0.4, -0.2) is 16.7 Å². The second-order valence-corrected chi connectivity index (χ2v) is 2.88. The fourth-order valence-corrected chi connectivity index (χ4v) is 1.08. The SMILES string of the molecule is N[C@@H](CF)c1cc([N+](=O)[O-])cc(F)c1O. The van der Waals surface area contributed by atoms with Gasteiger partial charge in [0.25, 0.3) is 5.69 Å². The molecule has 1 rings (SSSR count). The third-order valence-corrected chi connectivity index (χ3v) is 1.85. The lowest BCUT2D eigenvalue weighted by atomic mass is 10.1. The molecule has 7 heteroatoms. The van der Waals surface area contributed by atoms with Gasteiger partial charge in [0.05, 0.1) is 17.0 Å². The van der Waals surface area contributed by atoms with Gasteiger partial charge in [0.2, 0.25) is 0 Å². The van der Waals surface area contributed by atoms with Crippen molar-refractivity contribution < 1.29 is 18.8 Å². The number of benzene rings is 1. The molecule has 1 atom stereocenters. The van der Waals surface area contributed by atoms with E-state index in [-0.39, 0.29) is 5.56 Å². The first-order valence-corrected chi connectivity index (χ1v) is 3.95. The predicted molar refractivity (Wildman–Crippen MR) is 47.6 cm³/mol. The summed E-state index contributed by atoms with van der Waals surface area (Å²) in [6, 6.07) is 0.117. The Bertz CT molecular complexity index is 398. The molecule has 1 aromatic rings. The van der Waals surface area contributed by atoms with Crippen LogP contribution in [0.1, 0.15) is 11.6 Å². The summed E-state index contributed by atoms with van der Waals surface area (Å²) in [4.78, 5) is 9.50. The van der Waals surface area contributed by atoms with Crippen molar-refractivity contribution in [3.63, 3.8) is 0 Å². The van der Waals surface area contributed by atoms with Gasteiger partial charge in [-0.25, -0.2) is 8.78 Å². The Morgan fingerprint density at radius 1 is 1.60 bits per heavy atom. The van der Waals surface area contributed by atoms with Crippen LogP contribution >= 0.6 is 0 Å². The minimum atomic E-state index is -1.28. The number of hydrogen-bond acceptors (Lipinski definition) is 4. The van der Waals surface area contributed by atoms with Crippen molar-refractivity contribution in [3.8, 4) is 5.75 Å². The van der Waals surface area contributed by atoms with E-state index in [9.17, 15) is 18.9 Å². The van der Waals surface area contributed by atoms with Gasteiger partial charge < -0.3 is 10.8 Å². The summed E-state index contributed by atoms with van der Waals surface area (Å²) in [6.07, 6.45) is 0. The Balaban J connectivity index is 3.31. The molecule has 1 aromatic carbocycles. The fourth-order valence-electron chi connectivity index (χ4n) is 1.08. The van der Waals surface area contributed by atoms with E-state index in [1.165, 1.54) is 0 Å². The molecule has 0 heterocycles. The lowest BCUT2D eigenvalue weighted by Crippen LogP contribution is -2.13. The van der Waals surface area contributed by atoms with Crippen LogP contribution in [-0.2, 0) is 0 Å². The third-order valence-electron chi connectivity index (χ3n) is 1.85. The highest BCUT2D eigenvalue weighted by atomic mass is 19.1. The van der Waals surface area contributed by atoms with Crippen LogP contribution in [0, 0.1) is 15.9 Å². The quantitative estimate of drug-likeness (QED) is 0.592. The first-order chi connectivity index (χ1) is 6.97. The number of alkyl halides is 1. The van der Waals surface area contributed by atoms with Crippen molar-refractivity contribution in [2.75, 3.05) is 6.67 Å². The van der Waals surface area contributed by atoms with Crippen LogP contribution in [0.3, 0.4) is 0 Å². The van der Waals surface area contributed by atoms with Gasteiger partial charge in [-0.05, 0) is 0 Å². The molecule has 82 valence electrons. The molecule has 0 aliphatic rings. The Hall–Kier alpha value is -1.76. The largest absolute Gasteiger partial charge is 0.505 e. The van der Waals surface area contributed by atoms with Crippen molar-refractivity contribution in [1.29, 1.82) is 0 Å². The summed E-state index contributed by atoms with van der Waals surface area (Å²) in [5, 5.41) is 19.5. The molecule has 5 nitrogen and oxygen atoms in total. The second kappa shape index (κ2) is 4.18. The zero-order valence-electron chi connectivity index (χ0n) is 7.48. The molecule has 0 saturated heterocycles. The van der Waals surface area contributed by atoms with Crippen molar-refractivity contribution in [3.05, 3.63) is 33.6 Å². The number of nitrogens with two attached hydrogens (primary N) is 1. The van der Waals surface area contributed by atoms with Gasteiger partial charge in [-0.3, -0.25) is 10.1 Å². The summed E-state index contributed by atoms with van der Waals surface area (Å²) in [6.45, 7) is -1.05. The van der Waals surface area contributed by atoms with Gasteiger partial charge in [0.15, 0.2) is 11.6 Å². The first-order valence-electron chi connectivity index (χ1n) is 3.95. The van der Waals surface area contributed by atoms with Gasteiger partial charge in [0, 0.05) is 11.6 Å². The third kappa shape index (κ3) is 2.18. The molecule has 3 N–H and O–H groups in total. The molecule has 0 aromatic heterocycles. The summed E-state index contributed by atoms with van der Waals surface area (Å²) in [5.41, 5.74) is 4.31. The van der Waals surface area contributed by atoms with E-state index in [1.54, 1.807) is 0 Å². The Labute approximate surface area is 83.3 Å². The highest BCUT2D eigenvalue weighted by Gasteiger charge is 2.20. The van der Waals surface area contributed by atoms with Crippen LogP contribution in [0.25, 0.3) is 0 Å². The Kier molecular flexibility index (Phi) is 3.15. The van der Waals surface area contributed by atoms with E-state index in [1.807, 2.05) is 0 Å². The molecule has 0 spiro atoms. The summed E-state index contributed by atoms with van der Waals surface area (Å²) >= 11 is 0. The Morgan fingerprint density at radius 3 is 2.67 bits per heavy atom. The Morgan fingerprint density at radius 2 is 2.20 bits per heavy atom. The van der Waals surface area contributed by atoms with Crippen molar-refractivity contribution in [2.45, 2.75) is 6.04 Å². The highest BCUT2D eigenvalue weighted by molar-refractivity contribution is 5.45. The van der Waals surface area contributed by atoms with Gasteiger partial charge in [-0.1, -0.05) is 0 Å². The minimum absolute atomic E-state index is 0.316. The molecule has 0 fully saturated rings. The van der Waals surface area contributed by atoms with Crippen molar-refractivity contribution in [2.24, 2.45) is 5.73 Å². The number of nitro groups is 1. The van der Waals surface area contributed by atoms with E-state index >= 15 is 0 Å². The second-order valence-electron chi connectivity index (χ2n) is 2.88. The molecule has 0 bridgehead atoms. The number of nitrogens with zero attached hydrogens (tertiary/aromatic N) is 1. The van der Waals surface area contributed by atoms with Crippen LogP contribution in [0.15, 0.2) is 12.1 Å². The standard InChI is InChI=1S/C8H8F2N2O3/c9-3-7(11)5-1-4(12(14)15)2-6(10)8(5)13/h1-2,7,13H,3,11H2/t7-/m0/s1. The molecule has 15 heavy (non-hydrogen) atoms. The summed E-state index contributed by atoms with van der Waals surface area (Å²) in [5.74, 6) is -2.05. The average Bonchev–Trinajstić information content (AvgIpc) is 2.20. The number of phenolic OH excluding ortho intramolecular Hbond substituents is 1. The van der Waals surface area contributed by atoms with Crippen LogP contribution in [0.2, 0.25) is 0 Å². The molecular formula is C8H8F2N2O3. The normalized spacial score (nSPS) is 12.5. The maximum Gasteiger partial charge on any atom is 0.272 e. The summed E-state index contributed by atoms with van der Waals surface area (Å²) < 4.78 is 25.2. The minimum Gasteiger partial charge on any atom is -0.505 e. The van der Waals surface area contributed by atoms with Gasteiger partial charge in [-0.2, -0.15) is 0 Å². The maximum absolute atomic E-state index is 13.0. The van der Waals surface area contributed by atoms with E-state index in [0.717, 1.165) is 6.07 Å². The van der Waals surface area contributed by atoms with Gasteiger partial charge in [0.1, 0.15) is 6.67 Å². The number of nitro benzene ring substituents is 1. The number of phenols is 1. The number of halogens is 2. The van der Waals surface area contributed by atoms with Crippen molar-refractivity contribution in [1.82, 2.24) is 0 Å². The fraction of sp³-hybridized carbons (Fsp3) is 0.250. The van der Waals surface area contributed by atoms with E-state index in [0.29, 0.717) is 6.07 Å². The molecule has 0 saturated carbocycles. The van der Waals surface area contributed by atoms with Crippen LogP contribution in [0.5, 0.6) is 5.75 Å². The molecule has 0 aliphatic carbocycles. The van der Waals surface area contributed by atoms with Crippen LogP contribution in [0.4, 0.5) is 14.5 Å². The average molecular weight is 218 g/mol. The molecular weight excluding hydrogens is 210 g/mol. The van der Waals surface area contributed by atoms with Gasteiger partial charge in [-0.15, -0.1) is 0 Å². The molecule has 0 aliphatic heterocycles. The predicted octanol–water partition coefficient (Wildman–Crippen LogP) is 1.41. The monoisotopic (exact) mass is 218 g/mol.